The molecule has 1 unspecified atom stereocenters. The Labute approximate surface area is 172 Å². The van der Waals surface area contributed by atoms with Crippen molar-refractivity contribution < 1.29 is 14.7 Å². The Balaban J connectivity index is 3.61. The first-order chi connectivity index (χ1) is 13.5. The van der Waals surface area contributed by atoms with E-state index in [-0.39, 0.29) is 12.5 Å². The maximum absolute atomic E-state index is 12.2. The lowest BCUT2D eigenvalue weighted by Gasteiger charge is -2.26. The number of hydrogen-bond donors (Lipinski definition) is 2. The maximum atomic E-state index is 12.2. The van der Waals surface area contributed by atoms with Gasteiger partial charge in [0, 0.05) is 6.42 Å². The van der Waals surface area contributed by atoms with Crippen LogP contribution in [0.1, 0.15) is 110 Å². The molecule has 0 rings (SSSR count). The van der Waals surface area contributed by atoms with Gasteiger partial charge in [-0.15, -0.1) is 0 Å². The van der Waals surface area contributed by atoms with Crippen LogP contribution < -0.4 is 5.73 Å². The van der Waals surface area contributed by atoms with Gasteiger partial charge in [-0.25, -0.2) is 0 Å². The van der Waals surface area contributed by atoms with Crippen LogP contribution in [-0.4, -0.2) is 34.6 Å². The smallest absolute Gasteiger partial charge is 0.323 e. The summed E-state index contributed by atoms with van der Waals surface area (Å²) in [6.07, 6.45) is 20.9. The molecule has 1 amide bonds. The Morgan fingerprint density at radius 3 is 1.86 bits per heavy atom. The number of carboxylic acid groups (broad SMARTS) is 1. The minimum absolute atomic E-state index is 0.144. The van der Waals surface area contributed by atoms with E-state index in [9.17, 15) is 9.59 Å². The third-order valence-corrected chi connectivity index (χ3v) is 5.10. The van der Waals surface area contributed by atoms with E-state index in [0.717, 1.165) is 25.7 Å². The molecule has 0 heterocycles. The second kappa shape index (κ2) is 19.0. The summed E-state index contributed by atoms with van der Waals surface area (Å²) >= 11 is 0. The first-order valence-electron chi connectivity index (χ1n) is 11.4. The third-order valence-electron chi connectivity index (χ3n) is 5.10. The van der Waals surface area contributed by atoms with Gasteiger partial charge in [-0.1, -0.05) is 77.4 Å². The number of rotatable bonds is 19. The maximum Gasteiger partial charge on any atom is 0.323 e. The average Bonchev–Trinajstić information content (AvgIpc) is 2.68. The predicted octanol–water partition coefficient (Wildman–Crippen LogP) is 5.63. The summed E-state index contributed by atoms with van der Waals surface area (Å²) in [6, 6.07) is 0. The SMILES string of the molecule is CCCCCCCC/C=C\CCCCCCCC(=O)N(CC(=O)O)C(N)CC. The molecule has 0 fully saturated rings. The molecule has 0 saturated carbocycles. The Bertz CT molecular complexity index is 424. The van der Waals surface area contributed by atoms with Gasteiger partial charge in [-0.3, -0.25) is 9.59 Å². The van der Waals surface area contributed by atoms with E-state index in [2.05, 4.69) is 19.1 Å². The number of unbranched alkanes of at least 4 members (excludes halogenated alkanes) is 11. The highest BCUT2D eigenvalue weighted by Gasteiger charge is 2.21. The van der Waals surface area contributed by atoms with E-state index in [1.165, 1.54) is 62.7 Å². The van der Waals surface area contributed by atoms with Gasteiger partial charge in [0.05, 0.1) is 6.17 Å². The number of aliphatic carboxylic acids is 1. The highest BCUT2D eigenvalue weighted by Crippen LogP contribution is 2.11. The zero-order valence-corrected chi connectivity index (χ0v) is 18.3. The summed E-state index contributed by atoms with van der Waals surface area (Å²) in [4.78, 5) is 24.4. The number of nitrogens with zero attached hydrogens (tertiary/aromatic N) is 1. The van der Waals surface area contributed by atoms with Crippen LogP contribution in [0.4, 0.5) is 0 Å². The third kappa shape index (κ3) is 15.7. The predicted molar refractivity (Wildman–Crippen MR) is 117 cm³/mol. The lowest BCUT2D eigenvalue weighted by molar-refractivity contribution is -0.146. The Morgan fingerprint density at radius 2 is 1.36 bits per heavy atom. The van der Waals surface area contributed by atoms with Crippen molar-refractivity contribution >= 4 is 11.9 Å². The van der Waals surface area contributed by atoms with Gasteiger partial charge in [0.2, 0.25) is 5.91 Å². The Kier molecular flexibility index (Phi) is 18.1. The highest BCUT2D eigenvalue weighted by atomic mass is 16.4. The van der Waals surface area contributed by atoms with Crippen LogP contribution in [0.15, 0.2) is 12.2 Å². The Hall–Kier alpha value is -1.36. The van der Waals surface area contributed by atoms with Crippen molar-refractivity contribution in [1.82, 2.24) is 4.90 Å². The van der Waals surface area contributed by atoms with E-state index >= 15 is 0 Å². The monoisotopic (exact) mass is 396 g/mol. The summed E-state index contributed by atoms with van der Waals surface area (Å²) in [7, 11) is 0. The molecule has 3 N–H and O–H groups in total. The molecule has 0 aliphatic heterocycles. The van der Waals surface area contributed by atoms with Gasteiger partial charge in [0.1, 0.15) is 6.54 Å². The van der Waals surface area contributed by atoms with Gasteiger partial charge < -0.3 is 15.7 Å². The molecule has 164 valence electrons. The summed E-state index contributed by atoms with van der Waals surface area (Å²) in [5, 5.41) is 8.93. The van der Waals surface area contributed by atoms with Crippen molar-refractivity contribution in [2.75, 3.05) is 6.54 Å². The molecule has 5 heteroatoms. The van der Waals surface area contributed by atoms with Crippen molar-refractivity contribution in [2.45, 2.75) is 116 Å². The molecule has 0 radical (unpaired) electrons. The second-order valence-corrected chi connectivity index (χ2v) is 7.73. The molecule has 0 aliphatic rings. The molecule has 0 aromatic heterocycles. The molecule has 0 aromatic rings. The van der Waals surface area contributed by atoms with E-state index in [4.69, 9.17) is 10.8 Å². The second-order valence-electron chi connectivity index (χ2n) is 7.73. The molecular formula is C23H44N2O3. The normalized spacial score (nSPS) is 12.4. The number of carbonyl (C=O) groups excluding carboxylic acids is 1. The van der Waals surface area contributed by atoms with Crippen LogP contribution >= 0.6 is 0 Å². The standard InChI is InChI=1S/C23H44N2O3/c1-3-5-6-7-8-9-10-11-12-13-14-15-16-17-18-19-22(26)25(20-23(27)28)21(24)4-2/h11-12,21H,3-10,13-20,24H2,1-2H3,(H,27,28)/b12-11-. The number of carboxylic acids is 1. The van der Waals surface area contributed by atoms with Crippen LogP contribution in [0.25, 0.3) is 0 Å². The summed E-state index contributed by atoms with van der Waals surface area (Å²) in [5.41, 5.74) is 5.86. The van der Waals surface area contributed by atoms with Gasteiger partial charge in [0.15, 0.2) is 0 Å². The molecule has 1 atom stereocenters. The molecule has 0 aliphatic carbocycles. The van der Waals surface area contributed by atoms with Gasteiger partial charge in [0.25, 0.3) is 0 Å². The molecule has 5 nitrogen and oxygen atoms in total. The van der Waals surface area contributed by atoms with Gasteiger partial charge in [-0.2, -0.15) is 0 Å². The number of amides is 1. The number of allylic oxidation sites excluding steroid dienone is 2. The molecular weight excluding hydrogens is 352 g/mol. The first kappa shape index (κ1) is 26.6. The van der Waals surface area contributed by atoms with Crippen molar-refractivity contribution in [1.29, 1.82) is 0 Å². The van der Waals surface area contributed by atoms with E-state index in [1.54, 1.807) is 0 Å². The molecule has 28 heavy (non-hydrogen) atoms. The lowest BCUT2D eigenvalue weighted by atomic mass is 10.1. The van der Waals surface area contributed by atoms with Crippen molar-refractivity contribution in [3.63, 3.8) is 0 Å². The van der Waals surface area contributed by atoms with Crippen LogP contribution in [0, 0.1) is 0 Å². The first-order valence-corrected chi connectivity index (χ1v) is 11.4. The number of carbonyl (C=O) groups is 2. The number of nitrogens with two attached hydrogens (primary N) is 1. The zero-order chi connectivity index (χ0) is 21.0. The minimum Gasteiger partial charge on any atom is -0.480 e. The molecule has 0 bridgehead atoms. The van der Waals surface area contributed by atoms with Crippen molar-refractivity contribution in [3.8, 4) is 0 Å². The van der Waals surface area contributed by atoms with Crippen LogP contribution in [0.2, 0.25) is 0 Å². The zero-order valence-electron chi connectivity index (χ0n) is 18.3. The molecule has 0 aromatic carbocycles. The quantitative estimate of drug-likeness (QED) is 0.168. The van der Waals surface area contributed by atoms with E-state index in [1.807, 2.05) is 6.92 Å². The fraction of sp³-hybridized carbons (Fsp3) is 0.826. The van der Waals surface area contributed by atoms with Crippen molar-refractivity contribution in [2.24, 2.45) is 5.73 Å². The fourth-order valence-corrected chi connectivity index (χ4v) is 3.25. The Morgan fingerprint density at radius 1 is 0.857 bits per heavy atom. The summed E-state index contributed by atoms with van der Waals surface area (Å²) < 4.78 is 0. The molecule has 0 saturated heterocycles. The number of hydrogen-bond acceptors (Lipinski definition) is 3. The average molecular weight is 397 g/mol. The fourth-order valence-electron chi connectivity index (χ4n) is 3.25. The van der Waals surface area contributed by atoms with Crippen LogP contribution in [0.3, 0.4) is 0 Å². The highest BCUT2D eigenvalue weighted by molar-refractivity contribution is 5.81. The molecule has 0 spiro atoms. The van der Waals surface area contributed by atoms with Crippen molar-refractivity contribution in [3.05, 3.63) is 12.2 Å². The van der Waals surface area contributed by atoms with Crippen LogP contribution in [0.5, 0.6) is 0 Å². The van der Waals surface area contributed by atoms with Gasteiger partial charge in [-0.05, 0) is 38.5 Å². The van der Waals surface area contributed by atoms with Crippen LogP contribution in [-0.2, 0) is 9.59 Å². The van der Waals surface area contributed by atoms with E-state index in [0.29, 0.717) is 12.8 Å². The largest absolute Gasteiger partial charge is 0.480 e. The topological polar surface area (TPSA) is 83.6 Å². The lowest BCUT2D eigenvalue weighted by Crippen LogP contribution is -2.47. The minimum atomic E-state index is -1.01. The summed E-state index contributed by atoms with van der Waals surface area (Å²) in [5.74, 6) is -1.16. The summed E-state index contributed by atoms with van der Waals surface area (Å²) in [6.45, 7) is 3.80. The van der Waals surface area contributed by atoms with Gasteiger partial charge >= 0.3 is 5.97 Å². The van der Waals surface area contributed by atoms with E-state index < -0.39 is 12.1 Å².